The molecule has 0 saturated carbocycles. The quantitative estimate of drug-likeness (QED) is 0.805. The summed E-state index contributed by atoms with van der Waals surface area (Å²) in [5.74, 6) is 3.22. The summed E-state index contributed by atoms with van der Waals surface area (Å²) in [7, 11) is 0. The number of nitrogens with zero attached hydrogens (tertiary/aromatic N) is 3. The first-order valence-corrected chi connectivity index (χ1v) is 8.37. The standard InChI is InChI=1S/C18H22N4O/c1-3-16-15(14-6-4-5-7-17(14)23-16)10-19-13-8-9-18-21-20-12(2)22(18)11-13/h4-7,13,19H,3,8-11H2,1-2H3. The van der Waals surface area contributed by atoms with E-state index in [0.29, 0.717) is 6.04 Å². The number of hydrogen-bond acceptors (Lipinski definition) is 4. The molecule has 0 saturated heterocycles. The van der Waals surface area contributed by atoms with Gasteiger partial charge in [0.05, 0.1) is 0 Å². The predicted octanol–water partition coefficient (Wildman–Crippen LogP) is 3.00. The first-order chi connectivity index (χ1) is 11.3. The molecule has 1 unspecified atom stereocenters. The molecule has 1 atom stereocenters. The smallest absolute Gasteiger partial charge is 0.134 e. The van der Waals surface area contributed by atoms with Crippen molar-refractivity contribution in [1.82, 2.24) is 20.1 Å². The van der Waals surface area contributed by atoms with Crippen LogP contribution < -0.4 is 5.32 Å². The maximum absolute atomic E-state index is 5.99. The molecule has 0 fully saturated rings. The van der Waals surface area contributed by atoms with Crippen LogP contribution in [0.5, 0.6) is 0 Å². The van der Waals surface area contributed by atoms with E-state index < -0.39 is 0 Å². The summed E-state index contributed by atoms with van der Waals surface area (Å²) >= 11 is 0. The lowest BCUT2D eigenvalue weighted by Gasteiger charge is -2.25. The van der Waals surface area contributed by atoms with E-state index in [-0.39, 0.29) is 0 Å². The van der Waals surface area contributed by atoms with Crippen molar-refractivity contribution in [3.63, 3.8) is 0 Å². The third kappa shape index (κ3) is 2.55. The van der Waals surface area contributed by atoms with Crippen molar-refractivity contribution in [3.05, 3.63) is 47.2 Å². The van der Waals surface area contributed by atoms with Crippen molar-refractivity contribution in [1.29, 1.82) is 0 Å². The minimum Gasteiger partial charge on any atom is -0.461 e. The van der Waals surface area contributed by atoms with Gasteiger partial charge in [0, 0.05) is 42.9 Å². The molecule has 4 rings (SSSR count). The van der Waals surface area contributed by atoms with Crippen molar-refractivity contribution in [2.24, 2.45) is 0 Å². The number of fused-ring (bicyclic) bond motifs is 2. The molecular weight excluding hydrogens is 288 g/mol. The number of furan rings is 1. The summed E-state index contributed by atoms with van der Waals surface area (Å²) in [5.41, 5.74) is 2.29. The Morgan fingerprint density at radius 2 is 2.17 bits per heavy atom. The fraction of sp³-hybridized carbons (Fsp3) is 0.444. The predicted molar refractivity (Wildman–Crippen MR) is 89.3 cm³/mol. The van der Waals surface area contributed by atoms with E-state index in [2.05, 4.69) is 39.1 Å². The highest BCUT2D eigenvalue weighted by Crippen LogP contribution is 2.26. The molecule has 1 aliphatic heterocycles. The minimum atomic E-state index is 0.454. The molecule has 2 aromatic heterocycles. The second-order valence-electron chi connectivity index (χ2n) is 6.24. The Hall–Kier alpha value is -2.14. The first-order valence-electron chi connectivity index (χ1n) is 8.37. The zero-order chi connectivity index (χ0) is 15.8. The molecular formula is C18H22N4O. The average molecular weight is 310 g/mol. The Morgan fingerprint density at radius 1 is 1.30 bits per heavy atom. The third-order valence-corrected chi connectivity index (χ3v) is 4.80. The second-order valence-corrected chi connectivity index (χ2v) is 6.24. The van der Waals surface area contributed by atoms with Gasteiger partial charge in [-0.15, -0.1) is 10.2 Å². The fourth-order valence-electron chi connectivity index (χ4n) is 3.50. The zero-order valence-corrected chi connectivity index (χ0v) is 13.7. The zero-order valence-electron chi connectivity index (χ0n) is 13.7. The van der Waals surface area contributed by atoms with Gasteiger partial charge in [0.1, 0.15) is 23.0 Å². The molecule has 1 aliphatic rings. The van der Waals surface area contributed by atoms with Gasteiger partial charge in [-0.3, -0.25) is 0 Å². The molecule has 3 aromatic rings. The number of hydrogen-bond donors (Lipinski definition) is 1. The third-order valence-electron chi connectivity index (χ3n) is 4.80. The number of aromatic nitrogens is 3. The minimum absolute atomic E-state index is 0.454. The van der Waals surface area contributed by atoms with Gasteiger partial charge in [-0.05, 0) is 19.4 Å². The number of benzene rings is 1. The van der Waals surface area contributed by atoms with Gasteiger partial charge < -0.3 is 14.3 Å². The van der Waals surface area contributed by atoms with Crippen LogP contribution in [0.15, 0.2) is 28.7 Å². The normalized spacial score (nSPS) is 17.6. The van der Waals surface area contributed by atoms with Crippen LogP contribution in [0.25, 0.3) is 11.0 Å². The summed E-state index contributed by atoms with van der Waals surface area (Å²) in [4.78, 5) is 0. The molecule has 5 heteroatoms. The van der Waals surface area contributed by atoms with Gasteiger partial charge in [-0.2, -0.15) is 0 Å². The van der Waals surface area contributed by atoms with Crippen LogP contribution in [0.3, 0.4) is 0 Å². The van der Waals surface area contributed by atoms with Crippen LogP contribution in [0.4, 0.5) is 0 Å². The summed E-state index contributed by atoms with van der Waals surface area (Å²) in [6, 6.07) is 8.76. The Labute approximate surface area is 135 Å². The topological polar surface area (TPSA) is 55.9 Å². The highest BCUT2D eigenvalue weighted by Gasteiger charge is 2.22. The van der Waals surface area contributed by atoms with E-state index in [1.807, 2.05) is 19.1 Å². The monoisotopic (exact) mass is 310 g/mol. The van der Waals surface area contributed by atoms with Gasteiger partial charge in [0.2, 0.25) is 0 Å². The number of rotatable bonds is 4. The van der Waals surface area contributed by atoms with Crippen LogP contribution in [0.1, 0.15) is 36.3 Å². The highest BCUT2D eigenvalue weighted by molar-refractivity contribution is 5.82. The Kier molecular flexibility index (Phi) is 3.65. The number of nitrogens with one attached hydrogen (secondary N) is 1. The van der Waals surface area contributed by atoms with Crippen LogP contribution in [0.2, 0.25) is 0 Å². The van der Waals surface area contributed by atoms with Crippen LogP contribution in [-0.2, 0) is 25.9 Å². The molecule has 1 aromatic carbocycles. The second kappa shape index (κ2) is 5.81. The Bertz CT molecular complexity index is 833. The summed E-state index contributed by atoms with van der Waals surface area (Å²) < 4.78 is 8.22. The largest absolute Gasteiger partial charge is 0.461 e. The molecule has 0 bridgehead atoms. The SMILES string of the molecule is CCc1oc2ccccc2c1CNC1CCc2nnc(C)n2C1. The Morgan fingerprint density at radius 3 is 3.04 bits per heavy atom. The number of para-hydroxylation sites is 1. The van der Waals surface area contributed by atoms with Gasteiger partial charge in [-0.1, -0.05) is 25.1 Å². The van der Waals surface area contributed by atoms with Crippen molar-refractivity contribution in [2.45, 2.75) is 52.2 Å². The fourth-order valence-corrected chi connectivity index (χ4v) is 3.50. The van der Waals surface area contributed by atoms with Crippen molar-refractivity contribution >= 4 is 11.0 Å². The van der Waals surface area contributed by atoms with Crippen molar-refractivity contribution < 1.29 is 4.42 Å². The molecule has 120 valence electrons. The molecule has 0 aliphatic carbocycles. The maximum atomic E-state index is 5.99. The maximum Gasteiger partial charge on any atom is 0.134 e. The lowest BCUT2D eigenvalue weighted by Crippen LogP contribution is -2.37. The van der Waals surface area contributed by atoms with E-state index >= 15 is 0 Å². The first kappa shape index (κ1) is 14.5. The number of aryl methyl sites for hydroxylation is 3. The van der Waals surface area contributed by atoms with Crippen LogP contribution in [-0.4, -0.2) is 20.8 Å². The van der Waals surface area contributed by atoms with E-state index in [0.717, 1.165) is 55.3 Å². The van der Waals surface area contributed by atoms with Gasteiger partial charge in [0.25, 0.3) is 0 Å². The van der Waals surface area contributed by atoms with E-state index in [1.54, 1.807) is 0 Å². The van der Waals surface area contributed by atoms with Crippen LogP contribution >= 0.6 is 0 Å². The van der Waals surface area contributed by atoms with E-state index in [1.165, 1.54) is 10.9 Å². The van der Waals surface area contributed by atoms with Gasteiger partial charge in [-0.25, -0.2) is 0 Å². The molecule has 3 heterocycles. The van der Waals surface area contributed by atoms with Gasteiger partial charge >= 0.3 is 0 Å². The van der Waals surface area contributed by atoms with E-state index in [4.69, 9.17) is 4.42 Å². The van der Waals surface area contributed by atoms with Crippen molar-refractivity contribution in [2.75, 3.05) is 0 Å². The molecule has 5 nitrogen and oxygen atoms in total. The highest BCUT2D eigenvalue weighted by atomic mass is 16.3. The van der Waals surface area contributed by atoms with Crippen LogP contribution in [0, 0.1) is 6.92 Å². The van der Waals surface area contributed by atoms with Crippen molar-refractivity contribution in [3.8, 4) is 0 Å². The molecule has 0 radical (unpaired) electrons. The summed E-state index contributed by atoms with van der Waals surface area (Å²) in [6.07, 6.45) is 3.02. The molecule has 23 heavy (non-hydrogen) atoms. The summed E-state index contributed by atoms with van der Waals surface area (Å²) in [5, 5.41) is 13.4. The molecule has 1 N–H and O–H groups in total. The lowest BCUT2D eigenvalue weighted by molar-refractivity contribution is 0.374. The lowest BCUT2D eigenvalue weighted by atomic mass is 10.1. The van der Waals surface area contributed by atoms with Gasteiger partial charge in [0.15, 0.2) is 0 Å². The van der Waals surface area contributed by atoms with E-state index in [9.17, 15) is 0 Å². The molecule has 0 spiro atoms. The Balaban J connectivity index is 1.53. The summed E-state index contributed by atoms with van der Waals surface area (Å²) in [6.45, 7) is 5.97. The molecule has 0 amide bonds. The average Bonchev–Trinajstić information content (AvgIpc) is 3.13.